The summed E-state index contributed by atoms with van der Waals surface area (Å²) < 4.78 is 16.1. The molecule has 28 heavy (non-hydrogen) atoms. The quantitative estimate of drug-likeness (QED) is 0.342. The zero-order chi connectivity index (χ0) is 20.2. The van der Waals surface area contributed by atoms with E-state index in [1.165, 1.54) is 5.56 Å². The molecule has 1 aliphatic rings. The second-order valence-corrected chi connectivity index (χ2v) is 6.99. The van der Waals surface area contributed by atoms with Gasteiger partial charge < -0.3 is 24.8 Å². The smallest absolute Gasteiger partial charge is 0.191 e. The molecule has 1 aromatic rings. The lowest BCUT2D eigenvalue weighted by molar-refractivity contribution is 0.143. The molecule has 0 radical (unpaired) electrons. The zero-order valence-corrected chi connectivity index (χ0v) is 17.8. The van der Waals surface area contributed by atoms with E-state index in [1.54, 1.807) is 14.2 Å². The third kappa shape index (κ3) is 7.56. The monoisotopic (exact) mass is 392 g/mol. The van der Waals surface area contributed by atoms with Gasteiger partial charge in [-0.15, -0.1) is 0 Å². The fraction of sp³-hybridized carbons (Fsp3) is 0.667. The summed E-state index contributed by atoms with van der Waals surface area (Å²) in [5.74, 6) is 2.54. The Bertz CT molecular complexity index is 587. The zero-order valence-electron chi connectivity index (χ0n) is 17.8. The molecule has 2 rings (SSSR count). The highest BCUT2D eigenvalue weighted by atomic mass is 16.5. The Morgan fingerprint density at radius 2 is 1.93 bits per heavy atom. The van der Waals surface area contributed by atoms with Gasteiger partial charge in [-0.25, -0.2) is 0 Å². The van der Waals surface area contributed by atoms with Crippen LogP contribution in [0.15, 0.2) is 23.2 Å². The molecule has 158 valence electrons. The molecule has 0 aromatic heterocycles. The first-order valence-electron chi connectivity index (χ1n) is 10.2. The van der Waals surface area contributed by atoms with Crippen LogP contribution in [-0.2, 0) is 11.3 Å². The molecule has 1 aromatic carbocycles. The van der Waals surface area contributed by atoms with E-state index in [0.29, 0.717) is 6.04 Å². The minimum atomic E-state index is 0.405. The van der Waals surface area contributed by atoms with Gasteiger partial charge in [0, 0.05) is 58.5 Å². The number of rotatable bonds is 11. The summed E-state index contributed by atoms with van der Waals surface area (Å²) in [6, 6.07) is 6.46. The Morgan fingerprint density at radius 3 is 2.57 bits per heavy atom. The van der Waals surface area contributed by atoms with Gasteiger partial charge in [0.25, 0.3) is 0 Å². The first-order valence-corrected chi connectivity index (χ1v) is 10.2. The summed E-state index contributed by atoms with van der Waals surface area (Å²) in [6.45, 7) is 7.49. The number of guanidine groups is 1. The second-order valence-electron chi connectivity index (χ2n) is 6.99. The number of nitrogens with zero attached hydrogens (tertiary/aromatic N) is 2. The second kappa shape index (κ2) is 12.5. The number of benzene rings is 1. The predicted molar refractivity (Wildman–Crippen MR) is 113 cm³/mol. The van der Waals surface area contributed by atoms with Crippen LogP contribution < -0.4 is 20.1 Å². The molecular formula is C21H36N4O3. The minimum absolute atomic E-state index is 0.405. The fourth-order valence-corrected chi connectivity index (χ4v) is 3.38. The number of hydrogen-bond acceptors (Lipinski definition) is 5. The van der Waals surface area contributed by atoms with Crippen molar-refractivity contribution in [3.63, 3.8) is 0 Å². The van der Waals surface area contributed by atoms with Crippen LogP contribution in [0.4, 0.5) is 0 Å². The molecule has 0 spiro atoms. The van der Waals surface area contributed by atoms with Crippen LogP contribution in [-0.4, -0.2) is 71.0 Å². The largest absolute Gasteiger partial charge is 0.497 e. The number of hydrogen-bond donors (Lipinski definition) is 2. The predicted octanol–water partition coefficient (Wildman–Crippen LogP) is 2.26. The van der Waals surface area contributed by atoms with Crippen LogP contribution in [0.5, 0.6) is 11.5 Å². The molecule has 1 heterocycles. The van der Waals surface area contributed by atoms with E-state index >= 15 is 0 Å². The minimum Gasteiger partial charge on any atom is -0.497 e. The lowest BCUT2D eigenvalue weighted by Crippen LogP contribution is -2.44. The van der Waals surface area contributed by atoms with Gasteiger partial charge >= 0.3 is 0 Å². The summed E-state index contributed by atoms with van der Waals surface area (Å²) in [4.78, 5) is 6.80. The Morgan fingerprint density at radius 1 is 1.18 bits per heavy atom. The van der Waals surface area contributed by atoms with Crippen molar-refractivity contribution in [2.24, 2.45) is 4.99 Å². The number of likely N-dealkylation sites (tertiary alicyclic amines) is 1. The number of unbranched alkanes of at least 4 members (excludes halogenated alkanes) is 1. The van der Waals surface area contributed by atoms with E-state index in [4.69, 9.17) is 14.2 Å². The Kier molecular flexibility index (Phi) is 9.93. The normalized spacial score (nSPS) is 17.6. The van der Waals surface area contributed by atoms with E-state index in [9.17, 15) is 0 Å². The number of methoxy groups -OCH3 is 2. The van der Waals surface area contributed by atoms with E-state index in [2.05, 4.69) is 32.7 Å². The third-order valence-electron chi connectivity index (χ3n) is 4.87. The maximum Gasteiger partial charge on any atom is 0.191 e. The number of nitrogens with one attached hydrogen (secondary N) is 2. The lowest BCUT2D eigenvalue weighted by Gasteiger charge is -2.19. The van der Waals surface area contributed by atoms with Crippen molar-refractivity contribution in [3.8, 4) is 11.5 Å². The van der Waals surface area contributed by atoms with Gasteiger partial charge in [0.05, 0.1) is 14.2 Å². The van der Waals surface area contributed by atoms with Crippen molar-refractivity contribution in [1.82, 2.24) is 15.5 Å². The summed E-state index contributed by atoms with van der Waals surface area (Å²) in [6.07, 6.45) is 3.25. The van der Waals surface area contributed by atoms with Crippen LogP contribution in [0.1, 0.15) is 31.7 Å². The van der Waals surface area contributed by atoms with Gasteiger partial charge in [-0.1, -0.05) is 0 Å². The van der Waals surface area contributed by atoms with Gasteiger partial charge in [-0.05, 0) is 43.9 Å². The first-order chi connectivity index (χ1) is 13.7. The maximum atomic E-state index is 5.38. The SMILES string of the molecule is CCOCCCCNC(=NC)NC1CCN(Cc2cc(OC)cc(OC)c2)C1. The highest BCUT2D eigenvalue weighted by Gasteiger charge is 2.23. The van der Waals surface area contributed by atoms with Crippen molar-refractivity contribution in [1.29, 1.82) is 0 Å². The first kappa shape index (κ1) is 22.3. The molecule has 1 fully saturated rings. The molecule has 0 saturated carbocycles. The summed E-state index contributed by atoms with van der Waals surface area (Å²) in [5.41, 5.74) is 1.20. The van der Waals surface area contributed by atoms with Gasteiger partial charge in [0.2, 0.25) is 0 Å². The molecule has 7 heteroatoms. The third-order valence-corrected chi connectivity index (χ3v) is 4.87. The Labute approximate surface area is 169 Å². The molecule has 1 unspecified atom stereocenters. The molecule has 0 amide bonds. The van der Waals surface area contributed by atoms with Crippen molar-refractivity contribution >= 4 is 5.96 Å². The molecule has 1 saturated heterocycles. The van der Waals surface area contributed by atoms with E-state index in [-0.39, 0.29) is 0 Å². The molecule has 7 nitrogen and oxygen atoms in total. The van der Waals surface area contributed by atoms with Crippen LogP contribution in [0, 0.1) is 0 Å². The van der Waals surface area contributed by atoms with Crippen molar-refractivity contribution < 1.29 is 14.2 Å². The topological polar surface area (TPSA) is 67.4 Å². The Hall–Kier alpha value is -1.99. The number of aliphatic imine (C=N–C) groups is 1. The highest BCUT2D eigenvalue weighted by molar-refractivity contribution is 5.79. The van der Waals surface area contributed by atoms with Crippen LogP contribution >= 0.6 is 0 Å². The molecular weight excluding hydrogens is 356 g/mol. The van der Waals surface area contributed by atoms with Crippen LogP contribution in [0.25, 0.3) is 0 Å². The van der Waals surface area contributed by atoms with Gasteiger partial charge in [-0.3, -0.25) is 9.89 Å². The molecule has 0 aliphatic carbocycles. The van der Waals surface area contributed by atoms with Crippen molar-refractivity contribution in [2.45, 2.75) is 38.8 Å². The summed E-state index contributed by atoms with van der Waals surface area (Å²) >= 11 is 0. The van der Waals surface area contributed by atoms with E-state index in [0.717, 1.165) is 76.1 Å². The molecule has 1 aliphatic heterocycles. The summed E-state index contributed by atoms with van der Waals surface area (Å²) in [5, 5.41) is 6.94. The molecule has 2 N–H and O–H groups in total. The van der Waals surface area contributed by atoms with E-state index in [1.807, 2.05) is 20.0 Å². The molecule has 0 bridgehead atoms. The fourth-order valence-electron chi connectivity index (χ4n) is 3.38. The summed E-state index contributed by atoms with van der Waals surface area (Å²) in [7, 11) is 5.19. The lowest BCUT2D eigenvalue weighted by atomic mass is 10.2. The number of ether oxygens (including phenoxy) is 3. The average Bonchev–Trinajstić information content (AvgIpc) is 3.15. The highest BCUT2D eigenvalue weighted by Crippen LogP contribution is 2.24. The average molecular weight is 393 g/mol. The molecule has 1 atom stereocenters. The van der Waals surface area contributed by atoms with Crippen molar-refractivity contribution in [3.05, 3.63) is 23.8 Å². The van der Waals surface area contributed by atoms with Crippen LogP contribution in [0.2, 0.25) is 0 Å². The Balaban J connectivity index is 1.75. The van der Waals surface area contributed by atoms with Gasteiger partial charge in [0.1, 0.15) is 11.5 Å². The van der Waals surface area contributed by atoms with Gasteiger partial charge in [-0.2, -0.15) is 0 Å². The standard InChI is InChI=1S/C21H36N4O3/c1-5-28-11-7-6-9-23-21(22-2)24-18-8-10-25(16-18)15-17-12-19(26-3)14-20(13-17)27-4/h12-14,18H,5-11,15-16H2,1-4H3,(H2,22,23,24). The van der Waals surface area contributed by atoms with Crippen molar-refractivity contribution in [2.75, 3.05) is 54.1 Å². The van der Waals surface area contributed by atoms with E-state index < -0.39 is 0 Å². The van der Waals surface area contributed by atoms with Crippen LogP contribution in [0.3, 0.4) is 0 Å². The van der Waals surface area contributed by atoms with Gasteiger partial charge in [0.15, 0.2) is 5.96 Å². The maximum absolute atomic E-state index is 5.38.